The molecule has 0 spiro atoms. The van der Waals surface area contributed by atoms with Gasteiger partial charge in [0.25, 0.3) is 0 Å². The molecule has 0 amide bonds. The molecule has 1 nitrogen and oxygen atoms in total. The van der Waals surface area contributed by atoms with Gasteiger partial charge < -0.3 is 4.74 Å². The number of ether oxygens (including phenoxy) is 1. The molecule has 0 aromatic carbocycles. The van der Waals surface area contributed by atoms with Crippen LogP contribution >= 0.6 is 15.9 Å². The first-order chi connectivity index (χ1) is 5.12. The maximum atomic E-state index is 5.66. The normalized spacial score (nSPS) is 29.8. The second-order valence-electron chi connectivity index (χ2n) is 2.94. The smallest absolute Gasteiger partial charge is 0.145 e. The molecule has 1 atom stereocenters. The van der Waals surface area contributed by atoms with Crippen molar-refractivity contribution in [1.29, 1.82) is 0 Å². The Labute approximate surface area is 76.3 Å². The van der Waals surface area contributed by atoms with Crippen molar-refractivity contribution < 1.29 is 4.74 Å². The van der Waals surface area contributed by atoms with Crippen molar-refractivity contribution in [2.45, 2.75) is 30.9 Å². The lowest BCUT2D eigenvalue weighted by molar-refractivity contribution is 0.0188. The maximum Gasteiger partial charge on any atom is 0.145 e. The van der Waals surface area contributed by atoms with Gasteiger partial charge in [0.1, 0.15) is 4.51 Å². The van der Waals surface area contributed by atoms with E-state index in [1.54, 1.807) is 0 Å². The average molecular weight is 217 g/mol. The zero-order valence-electron chi connectivity index (χ0n) is 6.88. The zero-order chi connectivity index (χ0) is 8.32. The van der Waals surface area contributed by atoms with Crippen LogP contribution in [0, 0.1) is 0 Å². The minimum Gasteiger partial charge on any atom is -0.357 e. The average Bonchev–Trinajstić information content (AvgIpc) is 1.85. The second kappa shape index (κ2) is 3.55. The lowest BCUT2D eigenvalue weighted by atomic mass is 10.1. The predicted octanol–water partition coefficient (Wildman–Crippen LogP) is 3.02. The Morgan fingerprint density at radius 1 is 1.45 bits per heavy atom. The van der Waals surface area contributed by atoms with Crippen molar-refractivity contribution in [3.05, 3.63) is 24.3 Å². The van der Waals surface area contributed by atoms with Crippen LogP contribution < -0.4 is 0 Å². The molecule has 2 heteroatoms. The minimum atomic E-state index is -0.254. The third kappa shape index (κ3) is 2.80. The molecule has 0 radical (unpaired) electrons. The summed E-state index contributed by atoms with van der Waals surface area (Å²) in [6.07, 6.45) is 9.32. The number of allylic oxidation sites excluding steroid dienone is 2. The van der Waals surface area contributed by atoms with Gasteiger partial charge in [0, 0.05) is 6.42 Å². The Morgan fingerprint density at radius 3 is 2.64 bits per heavy atom. The van der Waals surface area contributed by atoms with Gasteiger partial charge in [-0.1, -0.05) is 18.2 Å². The monoisotopic (exact) mass is 216 g/mol. The van der Waals surface area contributed by atoms with Crippen molar-refractivity contribution in [3.63, 3.8) is 0 Å². The molecule has 62 valence electrons. The van der Waals surface area contributed by atoms with Crippen LogP contribution in [-0.4, -0.2) is 10.6 Å². The minimum absolute atomic E-state index is 0.254. The van der Waals surface area contributed by atoms with Crippen molar-refractivity contribution in [2.24, 2.45) is 0 Å². The molecule has 1 aliphatic carbocycles. The first kappa shape index (κ1) is 9.01. The first-order valence-electron chi connectivity index (χ1n) is 3.83. The highest BCUT2D eigenvalue weighted by Gasteiger charge is 2.24. The molecule has 0 heterocycles. The van der Waals surface area contributed by atoms with Crippen LogP contribution in [0.1, 0.15) is 20.3 Å². The third-order valence-corrected chi connectivity index (χ3v) is 2.20. The van der Waals surface area contributed by atoms with Crippen LogP contribution in [0.4, 0.5) is 0 Å². The SMILES string of the molecule is CC(C)OC1(Br)C=CC=CC1. The molecule has 1 aliphatic rings. The molecule has 0 saturated carbocycles. The summed E-state index contributed by atoms with van der Waals surface area (Å²) in [5.74, 6) is 0. The van der Waals surface area contributed by atoms with Gasteiger partial charge in [-0.25, -0.2) is 0 Å². The summed E-state index contributed by atoms with van der Waals surface area (Å²) in [6, 6.07) is 0. The molecule has 1 unspecified atom stereocenters. The Bertz CT molecular complexity index is 184. The molecule has 0 aromatic rings. The summed E-state index contributed by atoms with van der Waals surface area (Å²) in [7, 11) is 0. The van der Waals surface area contributed by atoms with Gasteiger partial charge in [-0.15, -0.1) is 0 Å². The van der Waals surface area contributed by atoms with E-state index < -0.39 is 0 Å². The van der Waals surface area contributed by atoms with E-state index in [1.807, 2.05) is 32.1 Å². The molecule has 0 saturated heterocycles. The molecule has 1 rings (SSSR count). The Kier molecular flexibility index (Phi) is 2.90. The number of alkyl halides is 1. The molecule has 0 N–H and O–H groups in total. The van der Waals surface area contributed by atoms with Crippen LogP contribution in [-0.2, 0) is 4.74 Å². The summed E-state index contributed by atoms with van der Waals surface area (Å²) >= 11 is 3.54. The van der Waals surface area contributed by atoms with Crippen molar-refractivity contribution in [2.75, 3.05) is 0 Å². The maximum absolute atomic E-state index is 5.66. The van der Waals surface area contributed by atoms with E-state index >= 15 is 0 Å². The summed E-state index contributed by atoms with van der Waals surface area (Å²) in [5, 5.41) is 0. The van der Waals surface area contributed by atoms with Gasteiger partial charge in [-0.2, -0.15) is 0 Å². The number of hydrogen-bond donors (Lipinski definition) is 0. The Morgan fingerprint density at radius 2 is 2.18 bits per heavy atom. The van der Waals surface area contributed by atoms with Crippen molar-refractivity contribution >= 4 is 15.9 Å². The predicted molar refractivity (Wildman–Crippen MR) is 50.8 cm³/mol. The van der Waals surface area contributed by atoms with E-state index in [9.17, 15) is 0 Å². The summed E-state index contributed by atoms with van der Waals surface area (Å²) in [5.41, 5.74) is 0. The van der Waals surface area contributed by atoms with Gasteiger partial charge in [-0.3, -0.25) is 0 Å². The Balaban J connectivity index is 2.54. The second-order valence-corrected chi connectivity index (χ2v) is 4.29. The fraction of sp³-hybridized carbons (Fsp3) is 0.556. The third-order valence-electron chi connectivity index (χ3n) is 1.42. The first-order valence-corrected chi connectivity index (χ1v) is 4.63. The van der Waals surface area contributed by atoms with Gasteiger partial charge in [-0.05, 0) is 35.9 Å². The lowest BCUT2D eigenvalue weighted by Crippen LogP contribution is -2.26. The molecule has 0 aliphatic heterocycles. The van der Waals surface area contributed by atoms with Crippen LogP contribution in [0.5, 0.6) is 0 Å². The van der Waals surface area contributed by atoms with Crippen LogP contribution in [0.2, 0.25) is 0 Å². The van der Waals surface area contributed by atoms with Gasteiger partial charge in [0.05, 0.1) is 6.10 Å². The van der Waals surface area contributed by atoms with Crippen LogP contribution in [0.15, 0.2) is 24.3 Å². The highest BCUT2D eigenvalue weighted by atomic mass is 79.9. The van der Waals surface area contributed by atoms with E-state index in [4.69, 9.17) is 4.74 Å². The fourth-order valence-corrected chi connectivity index (χ4v) is 1.77. The fourth-order valence-electron chi connectivity index (χ4n) is 1.05. The van der Waals surface area contributed by atoms with E-state index in [1.165, 1.54) is 0 Å². The Hall–Kier alpha value is -0.0800. The quantitative estimate of drug-likeness (QED) is 0.646. The standard InChI is InChI=1S/C9H13BrO/c1-8(2)11-9(10)6-4-3-5-7-9/h3-6,8H,7H2,1-2H3. The van der Waals surface area contributed by atoms with Crippen LogP contribution in [0.3, 0.4) is 0 Å². The molecule has 0 fully saturated rings. The summed E-state index contributed by atoms with van der Waals surface area (Å²) in [4.78, 5) is 0. The van der Waals surface area contributed by atoms with Crippen LogP contribution in [0.25, 0.3) is 0 Å². The van der Waals surface area contributed by atoms with Gasteiger partial charge in [0.15, 0.2) is 0 Å². The highest BCUT2D eigenvalue weighted by molar-refractivity contribution is 9.10. The molecule has 0 aromatic heterocycles. The van der Waals surface area contributed by atoms with E-state index in [2.05, 4.69) is 22.0 Å². The van der Waals surface area contributed by atoms with Gasteiger partial charge >= 0.3 is 0 Å². The molecule has 11 heavy (non-hydrogen) atoms. The summed E-state index contributed by atoms with van der Waals surface area (Å²) < 4.78 is 5.40. The van der Waals surface area contributed by atoms with E-state index in [0.717, 1.165) is 6.42 Å². The van der Waals surface area contributed by atoms with E-state index in [-0.39, 0.29) is 10.6 Å². The number of halogens is 1. The molecular formula is C9H13BrO. The molecule has 0 bridgehead atoms. The highest BCUT2D eigenvalue weighted by Crippen LogP contribution is 2.30. The number of rotatable bonds is 2. The zero-order valence-corrected chi connectivity index (χ0v) is 8.47. The topological polar surface area (TPSA) is 9.23 Å². The van der Waals surface area contributed by atoms with Gasteiger partial charge in [0.2, 0.25) is 0 Å². The van der Waals surface area contributed by atoms with Crippen molar-refractivity contribution in [1.82, 2.24) is 0 Å². The number of hydrogen-bond acceptors (Lipinski definition) is 1. The lowest BCUT2D eigenvalue weighted by Gasteiger charge is -2.27. The largest absolute Gasteiger partial charge is 0.357 e. The van der Waals surface area contributed by atoms with Crippen molar-refractivity contribution in [3.8, 4) is 0 Å². The molecular weight excluding hydrogens is 204 g/mol. The summed E-state index contributed by atoms with van der Waals surface area (Å²) in [6.45, 7) is 4.07. The van der Waals surface area contributed by atoms with E-state index in [0.29, 0.717) is 0 Å².